The molecule has 0 spiro atoms. The first-order valence-corrected chi connectivity index (χ1v) is 10.5. The van der Waals surface area contributed by atoms with Gasteiger partial charge in [0.25, 0.3) is 0 Å². The van der Waals surface area contributed by atoms with Crippen molar-refractivity contribution >= 4 is 5.91 Å². The number of nitrogens with one attached hydrogen (secondary N) is 1. The summed E-state index contributed by atoms with van der Waals surface area (Å²) in [7, 11) is 1.59. The number of nitrogens with zero attached hydrogens (tertiary/aromatic N) is 4. The summed E-state index contributed by atoms with van der Waals surface area (Å²) in [6.45, 7) is 4.33. The molecule has 2 N–H and O–H groups in total. The molecule has 4 rings (SSSR count). The number of fused-ring (bicyclic) bond motifs is 1. The van der Waals surface area contributed by atoms with Crippen LogP contribution in [0.2, 0.25) is 0 Å². The van der Waals surface area contributed by atoms with Crippen LogP contribution in [0.4, 0.5) is 0 Å². The van der Waals surface area contributed by atoms with E-state index in [4.69, 9.17) is 9.47 Å². The van der Waals surface area contributed by atoms with E-state index in [1.807, 2.05) is 12.1 Å². The van der Waals surface area contributed by atoms with Gasteiger partial charge in [0.05, 0.1) is 7.11 Å². The van der Waals surface area contributed by atoms with E-state index in [1.165, 1.54) is 0 Å². The topological polar surface area (TPSA) is 102 Å². The summed E-state index contributed by atoms with van der Waals surface area (Å²) in [5.41, 5.74) is 0.880. The molecule has 2 aliphatic rings. The molecular weight excluding hydrogens is 386 g/mol. The Kier molecular flexibility index (Phi) is 6.49. The van der Waals surface area contributed by atoms with Gasteiger partial charge in [-0.3, -0.25) is 9.69 Å². The number of methoxy groups -OCH3 is 1. The Hall–Kier alpha value is -2.65. The van der Waals surface area contributed by atoms with Crippen LogP contribution in [-0.4, -0.2) is 70.1 Å². The Morgan fingerprint density at radius 1 is 1.33 bits per heavy atom. The molecule has 1 aromatic heterocycles. The van der Waals surface area contributed by atoms with E-state index in [0.29, 0.717) is 31.9 Å². The van der Waals surface area contributed by atoms with Crippen LogP contribution in [0, 0.1) is 0 Å². The fraction of sp³-hybridized carbons (Fsp3) is 0.571. The van der Waals surface area contributed by atoms with Crippen molar-refractivity contribution in [2.45, 2.75) is 44.9 Å². The highest BCUT2D eigenvalue weighted by molar-refractivity contribution is 5.80. The molecule has 2 aliphatic heterocycles. The number of hydrogen-bond acceptors (Lipinski definition) is 7. The molecule has 1 saturated heterocycles. The normalized spacial score (nSPS) is 19.3. The van der Waals surface area contributed by atoms with Gasteiger partial charge in [0.1, 0.15) is 29.3 Å². The lowest BCUT2D eigenvalue weighted by Gasteiger charge is -2.20. The molecule has 1 aromatic carbocycles. The molecule has 0 saturated carbocycles. The molecule has 3 heterocycles. The van der Waals surface area contributed by atoms with Crippen LogP contribution in [0.15, 0.2) is 18.2 Å². The lowest BCUT2D eigenvalue weighted by molar-refractivity contribution is -0.130. The molecular formula is C21H29N5O4. The predicted octanol–water partition coefficient (Wildman–Crippen LogP) is 0.888. The Morgan fingerprint density at radius 2 is 2.23 bits per heavy atom. The molecule has 30 heavy (non-hydrogen) atoms. The molecule has 0 aliphatic carbocycles. The van der Waals surface area contributed by atoms with E-state index < -0.39 is 0 Å². The van der Waals surface area contributed by atoms with Crippen molar-refractivity contribution in [3.8, 4) is 11.5 Å². The Bertz CT molecular complexity index is 878. The van der Waals surface area contributed by atoms with Gasteiger partial charge in [-0.1, -0.05) is 6.07 Å². The van der Waals surface area contributed by atoms with Crippen molar-refractivity contribution in [2.24, 2.45) is 0 Å². The second kappa shape index (κ2) is 9.44. The van der Waals surface area contributed by atoms with Crippen molar-refractivity contribution < 1.29 is 19.4 Å². The first-order valence-electron chi connectivity index (χ1n) is 10.5. The van der Waals surface area contributed by atoms with Crippen LogP contribution in [0.5, 0.6) is 11.5 Å². The largest absolute Gasteiger partial charge is 0.507 e. The van der Waals surface area contributed by atoms with E-state index in [1.54, 1.807) is 13.2 Å². The summed E-state index contributed by atoms with van der Waals surface area (Å²) >= 11 is 0. The molecule has 9 nitrogen and oxygen atoms in total. The van der Waals surface area contributed by atoms with Crippen molar-refractivity contribution in [2.75, 3.05) is 33.4 Å². The minimum atomic E-state index is -0.302. The minimum Gasteiger partial charge on any atom is -0.507 e. The van der Waals surface area contributed by atoms with Gasteiger partial charge in [0.15, 0.2) is 0 Å². The van der Waals surface area contributed by atoms with Crippen LogP contribution in [0.3, 0.4) is 0 Å². The van der Waals surface area contributed by atoms with Crippen LogP contribution in [0.25, 0.3) is 0 Å². The summed E-state index contributed by atoms with van der Waals surface area (Å²) in [5, 5.41) is 21.9. The van der Waals surface area contributed by atoms with E-state index in [0.717, 1.165) is 56.1 Å². The maximum absolute atomic E-state index is 12.1. The number of phenolic OH excluding ortho intramolecular Hbond substituents is 1. The van der Waals surface area contributed by atoms with Crippen molar-refractivity contribution in [1.82, 2.24) is 25.0 Å². The van der Waals surface area contributed by atoms with Gasteiger partial charge in [0, 0.05) is 63.8 Å². The Balaban J connectivity index is 1.31. The second-order valence-corrected chi connectivity index (χ2v) is 7.75. The van der Waals surface area contributed by atoms with Gasteiger partial charge in [-0.2, -0.15) is 0 Å². The number of amides is 1. The number of aromatic hydroxyl groups is 1. The molecule has 1 fully saturated rings. The van der Waals surface area contributed by atoms with Crippen molar-refractivity contribution in [3.63, 3.8) is 0 Å². The standard InChI is InChI=1S/C21H29N5O4/c1-29-16-5-4-15(17(27)13-16)14-25-9-7-20-24-23-19(26(20)11-10-25)6-8-22-21(28)18-3-2-12-30-18/h4-5,13,18,27H,2-3,6-12,14H2,1H3,(H,22,28)/t18-/m1/s1. The number of hydrogen-bond donors (Lipinski definition) is 2. The molecule has 1 amide bonds. The van der Waals surface area contributed by atoms with E-state index in [9.17, 15) is 9.90 Å². The smallest absolute Gasteiger partial charge is 0.249 e. The fourth-order valence-electron chi connectivity index (χ4n) is 4.01. The van der Waals surface area contributed by atoms with Crippen molar-refractivity contribution in [1.29, 1.82) is 0 Å². The number of rotatable bonds is 7. The maximum Gasteiger partial charge on any atom is 0.249 e. The predicted molar refractivity (Wildman–Crippen MR) is 109 cm³/mol. The van der Waals surface area contributed by atoms with Gasteiger partial charge in [-0.25, -0.2) is 0 Å². The lowest BCUT2D eigenvalue weighted by Crippen LogP contribution is -2.35. The average Bonchev–Trinajstić information content (AvgIpc) is 3.37. The van der Waals surface area contributed by atoms with Crippen molar-refractivity contribution in [3.05, 3.63) is 35.4 Å². The van der Waals surface area contributed by atoms with Crippen LogP contribution in [0.1, 0.15) is 30.1 Å². The zero-order valence-corrected chi connectivity index (χ0v) is 17.3. The average molecular weight is 415 g/mol. The first kappa shape index (κ1) is 20.6. The number of carbonyl (C=O) groups excluding carboxylic acids is 1. The molecule has 162 valence electrons. The molecule has 9 heteroatoms. The molecule has 0 radical (unpaired) electrons. The molecule has 0 unspecified atom stereocenters. The van der Waals surface area contributed by atoms with Gasteiger partial charge in [0.2, 0.25) is 5.91 Å². The first-order chi connectivity index (χ1) is 14.6. The zero-order chi connectivity index (χ0) is 20.9. The number of carbonyl (C=O) groups is 1. The number of benzene rings is 1. The number of phenols is 1. The Morgan fingerprint density at radius 3 is 3.00 bits per heavy atom. The highest BCUT2D eigenvalue weighted by Gasteiger charge is 2.24. The molecule has 1 atom stereocenters. The third-order valence-electron chi connectivity index (χ3n) is 5.75. The highest BCUT2D eigenvalue weighted by Crippen LogP contribution is 2.25. The summed E-state index contributed by atoms with van der Waals surface area (Å²) in [6.07, 6.45) is 2.88. The molecule has 2 aromatic rings. The van der Waals surface area contributed by atoms with Crippen LogP contribution in [-0.2, 0) is 35.5 Å². The summed E-state index contributed by atoms with van der Waals surface area (Å²) in [6, 6.07) is 5.41. The lowest BCUT2D eigenvalue weighted by atomic mass is 10.1. The summed E-state index contributed by atoms with van der Waals surface area (Å²) < 4.78 is 12.7. The summed E-state index contributed by atoms with van der Waals surface area (Å²) in [5.74, 6) is 2.73. The fourth-order valence-corrected chi connectivity index (χ4v) is 4.01. The van der Waals surface area contributed by atoms with E-state index in [-0.39, 0.29) is 17.8 Å². The quantitative estimate of drug-likeness (QED) is 0.692. The minimum absolute atomic E-state index is 0.0337. The second-order valence-electron chi connectivity index (χ2n) is 7.75. The Labute approximate surface area is 176 Å². The van der Waals surface area contributed by atoms with E-state index in [2.05, 4.69) is 25.0 Å². The van der Waals surface area contributed by atoms with Gasteiger partial charge in [-0.05, 0) is 18.9 Å². The monoisotopic (exact) mass is 415 g/mol. The van der Waals surface area contributed by atoms with Gasteiger partial charge < -0.3 is 24.5 Å². The molecule has 0 bridgehead atoms. The third-order valence-corrected chi connectivity index (χ3v) is 5.75. The van der Waals surface area contributed by atoms with Gasteiger partial charge >= 0.3 is 0 Å². The number of aromatic nitrogens is 3. The highest BCUT2D eigenvalue weighted by atomic mass is 16.5. The van der Waals surface area contributed by atoms with Crippen LogP contribution >= 0.6 is 0 Å². The van der Waals surface area contributed by atoms with Crippen LogP contribution < -0.4 is 10.1 Å². The number of ether oxygens (including phenoxy) is 2. The SMILES string of the molecule is COc1ccc(CN2CCc3nnc(CCNC(=O)[C@H]4CCCO4)n3CC2)c(O)c1. The zero-order valence-electron chi connectivity index (χ0n) is 17.3. The van der Waals surface area contributed by atoms with E-state index >= 15 is 0 Å². The van der Waals surface area contributed by atoms with Gasteiger partial charge in [-0.15, -0.1) is 10.2 Å². The third kappa shape index (κ3) is 4.73. The maximum atomic E-state index is 12.1. The summed E-state index contributed by atoms with van der Waals surface area (Å²) in [4.78, 5) is 14.4.